The van der Waals surface area contributed by atoms with Crippen LogP contribution in [0.15, 0.2) is 84.1 Å². The van der Waals surface area contributed by atoms with Gasteiger partial charge in [0, 0.05) is 11.9 Å². The summed E-state index contributed by atoms with van der Waals surface area (Å²) in [4.78, 5) is 14.4. The number of para-hydroxylation sites is 2. The van der Waals surface area contributed by atoms with Crippen LogP contribution >= 0.6 is 0 Å². The molecular formula is C28H25N5. The molecule has 162 valence electrons. The molecule has 6 rings (SSSR count). The highest BCUT2D eigenvalue weighted by Crippen LogP contribution is 2.31. The summed E-state index contributed by atoms with van der Waals surface area (Å²) in [5.74, 6) is 0. The third-order valence-electron chi connectivity index (χ3n) is 6.01. The Morgan fingerprint density at radius 3 is 2.52 bits per heavy atom. The number of rotatable bonds is 4. The normalized spacial score (nSPS) is 14.2. The number of nitrogens with zero attached hydrogens (tertiary/aromatic N) is 4. The molecular weight excluding hydrogens is 406 g/mol. The van der Waals surface area contributed by atoms with E-state index in [-0.39, 0.29) is 0 Å². The predicted octanol–water partition coefficient (Wildman–Crippen LogP) is 5.95. The van der Waals surface area contributed by atoms with Crippen molar-refractivity contribution < 1.29 is 0 Å². The molecule has 3 aliphatic rings. The maximum absolute atomic E-state index is 5.04. The molecule has 2 aromatic carbocycles. The molecule has 1 saturated carbocycles. The minimum atomic E-state index is 0.403. The molecule has 0 spiro atoms. The van der Waals surface area contributed by atoms with E-state index in [4.69, 9.17) is 9.98 Å². The van der Waals surface area contributed by atoms with Crippen molar-refractivity contribution in [2.75, 3.05) is 5.32 Å². The molecule has 0 radical (unpaired) electrons. The van der Waals surface area contributed by atoms with E-state index in [1.54, 1.807) is 0 Å². The third-order valence-corrected chi connectivity index (χ3v) is 6.01. The number of hydrogen-bond donors (Lipinski definition) is 1. The third kappa shape index (κ3) is 3.87. The minimum Gasteiger partial charge on any atom is -0.352 e. The van der Waals surface area contributed by atoms with Crippen LogP contribution in [0.2, 0.25) is 0 Å². The van der Waals surface area contributed by atoms with Gasteiger partial charge in [0.05, 0.1) is 51.4 Å². The van der Waals surface area contributed by atoms with Gasteiger partial charge in [-0.05, 0) is 74.7 Å². The summed E-state index contributed by atoms with van der Waals surface area (Å²) >= 11 is 0. The summed E-state index contributed by atoms with van der Waals surface area (Å²) < 4.78 is 2.29. The highest BCUT2D eigenvalue weighted by molar-refractivity contribution is 5.84. The molecule has 0 amide bonds. The van der Waals surface area contributed by atoms with Crippen molar-refractivity contribution in [2.24, 2.45) is 4.99 Å². The molecule has 0 bridgehead atoms. The van der Waals surface area contributed by atoms with E-state index in [0.717, 1.165) is 63.2 Å². The van der Waals surface area contributed by atoms with Crippen LogP contribution < -0.4 is 10.7 Å². The van der Waals surface area contributed by atoms with E-state index < -0.39 is 0 Å². The van der Waals surface area contributed by atoms with Crippen molar-refractivity contribution in [3.63, 3.8) is 0 Å². The van der Waals surface area contributed by atoms with Crippen LogP contribution in [0.5, 0.6) is 0 Å². The first-order chi connectivity index (χ1) is 16.1. The highest BCUT2D eigenvalue weighted by Gasteiger charge is 2.21. The molecule has 1 aliphatic heterocycles. The second-order valence-corrected chi connectivity index (χ2v) is 8.87. The number of aryl methyl sites for hydroxylation is 2. The van der Waals surface area contributed by atoms with Crippen molar-refractivity contribution >= 4 is 22.4 Å². The van der Waals surface area contributed by atoms with Gasteiger partial charge in [-0.25, -0.2) is 4.98 Å². The van der Waals surface area contributed by atoms with E-state index in [1.165, 1.54) is 5.56 Å². The Morgan fingerprint density at radius 1 is 0.909 bits per heavy atom. The Bertz CT molecular complexity index is 1510. The van der Waals surface area contributed by atoms with Crippen LogP contribution in [0, 0.1) is 13.8 Å². The standard InChI is InChI=1S/C28H25N5/c1-18-7-11-22(12-8-18)33-27-6-4-3-5-23(27)32-26-14-24(31-21-13-19(2)16-29-17-21)25(15-28(26)33)30-20-9-10-20/h3-8,11-17,20,31H,9-10H2,1-2H3/b30-25+. The summed E-state index contributed by atoms with van der Waals surface area (Å²) in [6.45, 7) is 4.16. The van der Waals surface area contributed by atoms with Crippen LogP contribution in [0.4, 0.5) is 11.4 Å². The van der Waals surface area contributed by atoms with Gasteiger partial charge in [-0.15, -0.1) is 0 Å². The van der Waals surface area contributed by atoms with Crippen LogP contribution in [-0.2, 0) is 0 Å². The largest absolute Gasteiger partial charge is 0.352 e. The molecule has 1 N–H and O–H groups in total. The van der Waals surface area contributed by atoms with Crippen molar-refractivity contribution in [2.45, 2.75) is 32.7 Å². The second kappa shape index (κ2) is 7.85. The Hall–Kier alpha value is -3.99. The smallest absolute Gasteiger partial charge is 0.0900 e. The van der Waals surface area contributed by atoms with Gasteiger partial charge < -0.3 is 9.88 Å². The van der Waals surface area contributed by atoms with Gasteiger partial charge in [0.1, 0.15) is 0 Å². The summed E-state index contributed by atoms with van der Waals surface area (Å²) in [6.07, 6.45) is 6.01. The van der Waals surface area contributed by atoms with Crippen molar-refractivity contribution in [1.82, 2.24) is 14.5 Å². The number of anilines is 2. The molecule has 2 heterocycles. The van der Waals surface area contributed by atoms with Gasteiger partial charge in [-0.1, -0.05) is 29.8 Å². The van der Waals surface area contributed by atoms with E-state index in [2.05, 4.69) is 82.5 Å². The summed E-state index contributed by atoms with van der Waals surface area (Å²) in [6, 6.07) is 23.7. The number of fused-ring (bicyclic) bond motifs is 2. The van der Waals surface area contributed by atoms with Gasteiger partial charge in [-0.2, -0.15) is 0 Å². The van der Waals surface area contributed by atoms with Gasteiger partial charge in [0.25, 0.3) is 0 Å². The Labute approximate surface area is 192 Å². The molecule has 2 aliphatic carbocycles. The van der Waals surface area contributed by atoms with Crippen LogP contribution in [0.25, 0.3) is 28.1 Å². The van der Waals surface area contributed by atoms with Crippen molar-refractivity contribution in [3.05, 3.63) is 95.6 Å². The molecule has 5 nitrogen and oxygen atoms in total. The zero-order chi connectivity index (χ0) is 22.4. The highest BCUT2D eigenvalue weighted by atomic mass is 15.0. The molecule has 0 atom stereocenters. The number of benzene rings is 3. The average molecular weight is 432 g/mol. The topological polar surface area (TPSA) is 55.1 Å². The van der Waals surface area contributed by atoms with Crippen molar-refractivity contribution in [1.29, 1.82) is 0 Å². The van der Waals surface area contributed by atoms with E-state index in [1.807, 2.05) is 25.4 Å². The molecule has 5 heteroatoms. The zero-order valence-electron chi connectivity index (χ0n) is 18.8. The van der Waals surface area contributed by atoms with Crippen LogP contribution in [0.1, 0.15) is 24.0 Å². The van der Waals surface area contributed by atoms with Crippen LogP contribution in [-0.4, -0.2) is 20.6 Å². The van der Waals surface area contributed by atoms with Crippen LogP contribution in [0.3, 0.4) is 0 Å². The summed E-state index contributed by atoms with van der Waals surface area (Å²) in [5, 5.41) is 4.51. The number of nitrogens with one attached hydrogen (secondary N) is 1. The number of pyridine rings is 1. The SMILES string of the molecule is Cc1ccc(-n2c3c/c(=N\C4CC4)c(Nc4cncc(C)c4)cc-3nc3ccccc32)cc1. The van der Waals surface area contributed by atoms with Gasteiger partial charge in [0.2, 0.25) is 0 Å². The van der Waals surface area contributed by atoms with E-state index in [9.17, 15) is 0 Å². The Kier molecular flexibility index (Phi) is 4.68. The summed E-state index contributed by atoms with van der Waals surface area (Å²) in [7, 11) is 0. The molecule has 0 unspecified atom stereocenters. The lowest BCUT2D eigenvalue weighted by Gasteiger charge is -2.20. The fourth-order valence-electron chi connectivity index (χ4n) is 4.20. The monoisotopic (exact) mass is 431 g/mol. The average Bonchev–Trinajstić information content (AvgIpc) is 3.63. The predicted molar refractivity (Wildman–Crippen MR) is 133 cm³/mol. The van der Waals surface area contributed by atoms with E-state index >= 15 is 0 Å². The lowest BCUT2D eigenvalue weighted by molar-refractivity contribution is 0.997. The van der Waals surface area contributed by atoms with E-state index in [0.29, 0.717) is 6.04 Å². The number of hydrogen-bond acceptors (Lipinski definition) is 4. The minimum absolute atomic E-state index is 0.403. The first-order valence-electron chi connectivity index (χ1n) is 11.4. The molecule has 3 aromatic rings. The van der Waals surface area contributed by atoms with Gasteiger partial charge in [0.15, 0.2) is 0 Å². The first-order valence-corrected chi connectivity index (χ1v) is 11.4. The van der Waals surface area contributed by atoms with Crippen molar-refractivity contribution in [3.8, 4) is 17.1 Å². The Morgan fingerprint density at radius 2 is 1.73 bits per heavy atom. The first kappa shape index (κ1) is 19.7. The fraction of sp³-hybridized carbons (Fsp3) is 0.179. The zero-order valence-corrected chi connectivity index (χ0v) is 18.8. The lowest BCUT2D eigenvalue weighted by atomic mass is 10.1. The Balaban J connectivity index is 1.63. The second-order valence-electron chi connectivity index (χ2n) is 8.87. The molecule has 0 saturated heterocycles. The fourth-order valence-corrected chi connectivity index (χ4v) is 4.20. The lowest BCUT2D eigenvalue weighted by Crippen LogP contribution is -2.15. The maximum Gasteiger partial charge on any atom is 0.0900 e. The van der Waals surface area contributed by atoms with Gasteiger partial charge in [-0.3, -0.25) is 9.98 Å². The maximum atomic E-state index is 5.04. The quantitative estimate of drug-likeness (QED) is 0.358. The molecule has 1 aromatic heterocycles. The molecule has 33 heavy (non-hydrogen) atoms. The molecule has 1 fully saturated rings. The summed E-state index contributed by atoms with van der Waals surface area (Å²) in [5.41, 5.74) is 9.39. The van der Waals surface area contributed by atoms with Gasteiger partial charge >= 0.3 is 0 Å². The number of aromatic nitrogens is 3.